The van der Waals surface area contributed by atoms with Crippen molar-refractivity contribution in [1.29, 1.82) is 0 Å². The second kappa shape index (κ2) is 13.3. The monoisotopic (exact) mass is 836 g/mol. The van der Waals surface area contributed by atoms with Crippen LogP contribution >= 0.6 is 0 Å². The van der Waals surface area contributed by atoms with Crippen LogP contribution in [-0.2, 0) is 4.79 Å². The number of carbonyl (C=O) groups excluding carboxylic acids is 2. The third kappa shape index (κ3) is 6.71. The lowest BCUT2D eigenvalue weighted by Gasteiger charge is -2.45. The average molecular weight is 836 g/mol. The van der Waals surface area contributed by atoms with Crippen molar-refractivity contribution < 1.29 is 119 Å². The molecule has 4 nitrogen and oxygen atoms in total. The molecule has 0 spiro atoms. The molecule has 1 aromatic rings. The molecule has 1 N–H and O–H groups in total. The molecule has 0 aromatic heterocycles. The minimum Gasteiger partial charge on any atom is -0.349 e. The molecule has 29 heteroatoms. The van der Waals surface area contributed by atoms with Gasteiger partial charge in [-0.1, -0.05) is 6.07 Å². The molecule has 1 unspecified atom stereocenters. The molecule has 1 aromatic carbocycles. The maximum absolute atomic E-state index is 14.3. The van der Waals surface area contributed by atoms with E-state index < -0.39 is 95.3 Å². The van der Waals surface area contributed by atoms with Crippen LogP contribution in [0.15, 0.2) is 23.2 Å². The van der Waals surface area contributed by atoms with E-state index in [-0.39, 0.29) is 18.2 Å². The number of alkyl halides is 25. The van der Waals surface area contributed by atoms with Gasteiger partial charge in [-0.15, -0.1) is 0 Å². The Balaban J connectivity index is 3.68. The molecule has 0 saturated heterocycles. The molecule has 1 atom stereocenters. The highest BCUT2D eigenvalue weighted by molar-refractivity contribution is 5.95. The number of carbonyl (C=O) groups is 1. The summed E-state index contributed by atoms with van der Waals surface area (Å²) in [5.74, 6) is -101. The molecule has 0 saturated carbocycles. The first-order valence-corrected chi connectivity index (χ1v) is 12.7. The number of aliphatic imine (C=N–C) groups is 1. The molecule has 0 fully saturated rings. The van der Waals surface area contributed by atoms with Crippen LogP contribution in [0.25, 0.3) is 0 Å². The lowest BCUT2D eigenvalue weighted by atomic mass is 9.84. The summed E-state index contributed by atoms with van der Waals surface area (Å²) in [4.78, 5) is 25.7. The smallest absolute Gasteiger partial charge is 0.349 e. The number of nitrogens with zero attached hydrogens (tertiary/aromatic N) is 1. The van der Waals surface area contributed by atoms with Crippen molar-refractivity contribution in [1.82, 2.24) is 5.32 Å². The molecule has 0 aliphatic heterocycles. The number of rotatable bonds is 15. The summed E-state index contributed by atoms with van der Waals surface area (Å²) in [5.41, 5.74) is -0.962. The van der Waals surface area contributed by atoms with Gasteiger partial charge in [0.05, 0.1) is 5.69 Å². The fourth-order valence-corrected chi connectivity index (χ4v) is 3.78. The Hall–Kier alpha value is -3.68. The van der Waals surface area contributed by atoms with Crippen molar-refractivity contribution in [3.63, 3.8) is 0 Å². The second-order valence-electron chi connectivity index (χ2n) is 10.7. The van der Waals surface area contributed by atoms with E-state index in [1.54, 1.807) is 0 Å². The number of isocyanates is 1. The van der Waals surface area contributed by atoms with E-state index in [9.17, 15) is 119 Å². The van der Waals surface area contributed by atoms with Crippen LogP contribution in [-0.4, -0.2) is 89.4 Å². The van der Waals surface area contributed by atoms with E-state index in [0.717, 1.165) is 18.2 Å². The standard InChI is InChI=1S/C24H13F25N2O2/c1-8-3-4-10(5-11(8)50-7-52)12(53)51-9(2)6-13(25,26)14(27,28)15(29,30)16(31,32)17(33,34)18(35,36)19(37,38)20(39,40)21(41,42)22(43,44)23(45,46)24(47,48)49/h3-5,9H,6H2,1-2H3,(H,51,53). The first-order chi connectivity index (χ1) is 23.0. The van der Waals surface area contributed by atoms with Crippen molar-refractivity contribution in [3.05, 3.63) is 29.3 Å². The van der Waals surface area contributed by atoms with Crippen LogP contribution in [0.5, 0.6) is 0 Å². The summed E-state index contributed by atoms with van der Waals surface area (Å²) < 4.78 is 341. The molecule has 0 heterocycles. The zero-order chi connectivity index (χ0) is 42.8. The molecule has 53 heavy (non-hydrogen) atoms. The third-order valence-corrected chi connectivity index (χ3v) is 6.94. The van der Waals surface area contributed by atoms with E-state index in [1.165, 1.54) is 12.2 Å². The fraction of sp³-hybridized carbons (Fsp3) is 0.667. The van der Waals surface area contributed by atoms with Gasteiger partial charge < -0.3 is 5.32 Å². The first kappa shape index (κ1) is 47.3. The van der Waals surface area contributed by atoms with E-state index >= 15 is 0 Å². The highest BCUT2D eigenvalue weighted by atomic mass is 19.4. The number of hydrogen-bond donors (Lipinski definition) is 1. The molecule has 0 aliphatic carbocycles. The van der Waals surface area contributed by atoms with Gasteiger partial charge in [-0.3, -0.25) is 4.79 Å². The minimum absolute atomic E-state index is 0.116. The molecular weight excluding hydrogens is 823 g/mol. The van der Waals surface area contributed by atoms with Crippen LogP contribution in [0.3, 0.4) is 0 Å². The number of hydrogen-bond acceptors (Lipinski definition) is 3. The zero-order valence-corrected chi connectivity index (χ0v) is 24.7. The molecule has 0 aliphatic rings. The summed E-state index contributed by atoms with van der Waals surface area (Å²) in [6.07, 6.45) is -10.4. The van der Waals surface area contributed by atoms with Gasteiger partial charge in [0, 0.05) is 18.0 Å². The van der Waals surface area contributed by atoms with Crippen LogP contribution < -0.4 is 5.32 Å². The van der Waals surface area contributed by atoms with E-state index in [2.05, 4.69) is 4.99 Å². The van der Waals surface area contributed by atoms with Gasteiger partial charge in [-0.2, -0.15) is 115 Å². The van der Waals surface area contributed by atoms with Crippen molar-refractivity contribution in [2.24, 2.45) is 4.99 Å². The Kier molecular flexibility index (Phi) is 11.8. The summed E-state index contributed by atoms with van der Waals surface area (Å²) in [6.45, 7) is 1.40. The molecule has 1 amide bonds. The highest BCUT2D eigenvalue weighted by Gasteiger charge is 2.99. The van der Waals surface area contributed by atoms with E-state index in [0.29, 0.717) is 6.07 Å². The summed E-state index contributed by atoms with van der Waals surface area (Å²) in [7, 11) is 0. The van der Waals surface area contributed by atoms with Gasteiger partial charge in [-0.05, 0) is 31.5 Å². The number of halogens is 25. The maximum Gasteiger partial charge on any atom is 0.460 e. The number of amides is 1. The van der Waals surface area contributed by atoms with E-state index in [4.69, 9.17) is 0 Å². The van der Waals surface area contributed by atoms with Crippen LogP contribution in [0.1, 0.15) is 29.3 Å². The Labute approximate surface area is 275 Å². The Morgan fingerprint density at radius 2 is 0.906 bits per heavy atom. The average Bonchev–Trinajstić information content (AvgIpc) is 2.96. The molecule has 0 bridgehead atoms. The molecule has 0 radical (unpaired) electrons. The third-order valence-electron chi connectivity index (χ3n) is 6.94. The second-order valence-corrected chi connectivity index (χ2v) is 10.7. The highest BCUT2D eigenvalue weighted by Crippen LogP contribution is 2.68. The van der Waals surface area contributed by atoms with E-state index in [1.807, 2.05) is 0 Å². The lowest BCUT2D eigenvalue weighted by molar-refractivity contribution is -0.482. The van der Waals surface area contributed by atoms with Gasteiger partial charge in [0.15, 0.2) is 0 Å². The summed E-state index contributed by atoms with van der Waals surface area (Å²) in [5, 5.41) is 1.31. The van der Waals surface area contributed by atoms with Gasteiger partial charge in [0.25, 0.3) is 5.91 Å². The van der Waals surface area contributed by atoms with Crippen molar-refractivity contribution in [3.8, 4) is 0 Å². The van der Waals surface area contributed by atoms with Crippen LogP contribution in [0.2, 0.25) is 0 Å². The molecule has 306 valence electrons. The first-order valence-electron chi connectivity index (χ1n) is 12.7. The van der Waals surface area contributed by atoms with Gasteiger partial charge >= 0.3 is 71.3 Å². The van der Waals surface area contributed by atoms with Crippen LogP contribution in [0.4, 0.5) is 115 Å². The largest absolute Gasteiger partial charge is 0.460 e. The Morgan fingerprint density at radius 1 is 0.585 bits per heavy atom. The normalized spacial score (nSPS) is 15.9. The SMILES string of the molecule is Cc1ccc(C(=O)NC(C)CC(F)(F)C(F)(F)C(F)(F)C(F)(F)C(F)(F)C(F)(F)C(F)(F)C(F)(F)C(F)(F)C(F)(F)C(F)(F)C(F)(F)F)cc1N=C=O. The van der Waals surface area contributed by atoms with Crippen molar-refractivity contribution in [2.45, 2.75) is 97.6 Å². The minimum atomic E-state index is -9.67. The van der Waals surface area contributed by atoms with Crippen molar-refractivity contribution in [2.75, 3.05) is 0 Å². The summed E-state index contributed by atoms with van der Waals surface area (Å²) >= 11 is 0. The van der Waals surface area contributed by atoms with Gasteiger partial charge in [0.1, 0.15) is 0 Å². The number of benzene rings is 1. The lowest BCUT2D eigenvalue weighted by Crippen LogP contribution is -2.78. The summed E-state index contributed by atoms with van der Waals surface area (Å²) in [6, 6.07) is -0.273. The molecular formula is C24H13F25N2O2. The maximum atomic E-state index is 14.3. The predicted molar refractivity (Wildman–Crippen MR) is 121 cm³/mol. The van der Waals surface area contributed by atoms with Crippen LogP contribution in [0, 0.1) is 6.92 Å². The fourth-order valence-electron chi connectivity index (χ4n) is 3.78. The van der Waals surface area contributed by atoms with Gasteiger partial charge in [-0.25, -0.2) is 4.79 Å². The number of nitrogens with one attached hydrogen (secondary N) is 1. The zero-order valence-electron chi connectivity index (χ0n) is 24.7. The quantitative estimate of drug-likeness (QED) is 0.109. The van der Waals surface area contributed by atoms with Gasteiger partial charge in [0.2, 0.25) is 6.08 Å². The Bertz CT molecular complexity index is 1570. The van der Waals surface area contributed by atoms with Crippen molar-refractivity contribution >= 4 is 17.7 Å². The predicted octanol–water partition coefficient (Wildman–Crippen LogP) is 10.0. The Morgan fingerprint density at radius 3 is 1.23 bits per heavy atom. The molecule has 1 rings (SSSR count). The topological polar surface area (TPSA) is 58.5 Å². The number of aryl methyl sites for hydroxylation is 1.